The number of hydrogen-bond donors (Lipinski definition) is 1. The van der Waals surface area contributed by atoms with E-state index < -0.39 is 0 Å². The second-order valence-corrected chi connectivity index (χ2v) is 3.01. The minimum atomic E-state index is 0.867. The van der Waals surface area contributed by atoms with Gasteiger partial charge in [0.25, 0.3) is 0 Å². The Kier molecular flexibility index (Phi) is 2.53. The van der Waals surface area contributed by atoms with E-state index in [-0.39, 0.29) is 0 Å². The van der Waals surface area contributed by atoms with E-state index in [0.29, 0.717) is 0 Å². The Balaban J connectivity index is 2.85. The second kappa shape index (κ2) is 3.42. The maximum Gasteiger partial charge on any atom is 0.0313 e. The first-order valence-corrected chi connectivity index (χ1v) is 4.04. The topological polar surface area (TPSA) is 26.0 Å². The summed E-state index contributed by atoms with van der Waals surface area (Å²) in [5, 5.41) is 0. The van der Waals surface area contributed by atoms with Crippen LogP contribution in [0.5, 0.6) is 0 Å². The highest BCUT2D eigenvalue weighted by Gasteiger charge is 1.99. The summed E-state index contributed by atoms with van der Waals surface area (Å²) in [5.41, 5.74) is 9.36. The van der Waals surface area contributed by atoms with Crippen LogP contribution in [0.2, 0.25) is 0 Å². The van der Waals surface area contributed by atoms with Crippen molar-refractivity contribution in [3.8, 4) is 0 Å². The standard InChI is InChI=1S/C10H15N/c1-3-9-4-5-10(11)7-8(2)6-9/h4-5,7H,3,6,11H2,1-2H3. The summed E-state index contributed by atoms with van der Waals surface area (Å²) in [6.45, 7) is 4.30. The van der Waals surface area contributed by atoms with E-state index in [2.05, 4.69) is 19.9 Å². The van der Waals surface area contributed by atoms with Crippen molar-refractivity contribution >= 4 is 0 Å². The molecule has 0 bridgehead atoms. The molecule has 1 rings (SSSR count). The molecule has 1 nitrogen and oxygen atoms in total. The molecule has 0 aromatic rings. The molecule has 0 aliphatic heterocycles. The van der Waals surface area contributed by atoms with Crippen LogP contribution in [0.3, 0.4) is 0 Å². The van der Waals surface area contributed by atoms with Crippen molar-refractivity contribution in [2.24, 2.45) is 5.73 Å². The molecular formula is C10H15N. The van der Waals surface area contributed by atoms with Gasteiger partial charge >= 0.3 is 0 Å². The van der Waals surface area contributed by atoms with Gasteiger partial charge in [0.2, 0.25) is 0 Å². The van der Waals surface area contributed by atoms with Crippen LogP contribution in [-0.2, 0) is 0 Å². The number of rotatable bonds is 1. The third kappa shape index (κ3) is 2.26. The molecule has 0 unspecified atom stereocenters. The van der Waals surface area contributed by atoms with Gasteiger partial charge in [0.15, 0.2) is 0 Å². The van der Waals surface area contributed by atoms with Gasteiger partial charge in [-0.25, -0.2) is 0 Å². The fourth-order valence-corrected chi connectivity index (χ4v) is 1.26. The van der Waals surface area contributed by atoms with E-state index in [1.54, 1.807) is 0 Å². The van der Waals surface area contributed by atoms with Gasteiger partial charge in [-0.15, -0.1) is 0 Å². The Labute approximate surface area is 68.3 Å². The molecular weight excluding hydrogens is 134 g/mol. The van der Waals surface area contributed by atoms with E-state index in [1.807, 2.05) is 12.2 Å². The van der Waals surface area contributed by atoms with Crippen LogP contribution in [0.25, 0.3) is 0 Å². The lowest BCUT2D eigenvalue weighted by atomic mass is 10.1. The van der Waals surface area contributed by atoms with E-state index in [9.17, 15) is 0 Å². The van der Waals surface area contributed by atoms with E-state index >= 15 is 0 Å². The molecule has 0 amide bonds. The molecule has 0 aromatic carbocycles. The highest BCUT2D eigenvalue weighted by Crippen LogP contribution is 2.17. The molecule has 0 radical (unpaired) electrons. The summed E-state index contributed by atoms with van der Waals surface area (Å²) < 4.78 is 0. The number of allylic oxidation sites excluding steroid dienone is 5. The number of nitrogens with two attached hydrogens (primary N) is 1. The predicted octanol–water partition coefficient (Wildman–Crippen LogP) is 2.52. The van der Waals surface area contributed by atoms with E-state index in [0.717, 1.165) is 18.5 Å². The molecule has 60 valence electrons. The maximum atomic E-state index is 5.68. The van der Waals surface area contributed by atoms with Crippen molar-refractivity contribution in [1.82, 2.24) is 0 Å². The monoisotopic (exact) mass is 149 g/mol. The van der Waals surface area contributed by atoms with Crippen LogP contribution in [-0.4, -0.2) is 0 Å². The first-order valence-electron chi connectivity index (χ1n) is 4.04. The van der Waals surface area contributed by atoms with Crippen molar-refractivity contribution in [3.05, 3.63) is 35.1 Å². The van der Waals surface area contributed by atoms with Gasteiger partial charge in [0.05, 0.1) is 0 Å². The molecule has 2 N–H and O–H groups in total. The van der Waals surface area contributed by atoms with Crippen molar-refractivity contribution in [2.75, 3.05) is 0 Å². The largest absolute Gasteiger partial charge is 0.399 e. The Morgan fingerprint density at radius 1 is 1.45 bits per heavy atom. The molecule has 1 heteroatoms. The van der Waals surface area contributed by atoms with Crippen LogP contribution >= 0.6 is 0 Å². The lowest BCUT2D eigenvalue weighted by Crippen LogP contribution is -1.91. The highest BCUT2D eigenvalue weighted by atomic mass is 14.6. The Morgan fingerprint density at radius 2 is 2.18 bits per heavy atom. The summed E-state index contributed by atoms with van der Waals surface area (Å²) in [6.07, 6.45) is 8.35. The average molecular weight is 149 g/mol. The van der Waals surface area contributed by atoms with Crippen LogP contribution in [0.4, 0.5) is 0 Å². The summed E-state index contributed by atoms with van der Waals surface area (Å²) in [6, 6.07) is 0. The SMILES string of the molecule is CCC1=CC=C(N)C=C(C)C1. The zero-order valence-electron chi connectivity index (χ0n) is 7.22. The van der Waals surface area contributed by atoms with Gasteiger partial charge in [0, 0.05) is 5.70 Å². The highest BCUT2D eigenvalue weighted by molar-refractivity contribution is 5.32. The Hall–Kier alpha value is -0.980. The second-order valence-electron chi connectivity index (χ2n) is 3.01. The normalized spacial score (nSPS) is 18.2. The van der Waals surface area contributed by atoms with Crippen molar-refractivity contribution in [3.63, 3.8) is 0 Å². The Morgan fingerprint density at radius 3 is 2.82 bits per heavy atom. The minimum absolute atomic E-state index is 0.867. The van der Waals surface area contributed by atoms with E-state index in [1.165, 1.54) is 11.1 Å². The third-order valence-corrected chi connectivity index (χ3v) is 1.88. The van der Waals surface area contributed by atoms with Gasteiger partial charge in [-0.3, -0.25) is 0 Å². The molecule has 0 spiro atoms. The van der Waals surface area contributed by atoms with Gasteiger partial charge in [0.1, 0.15) is 0 Å². The van der Waals surface area contributed by atoms with Gasteiger partial charge in [-0.1, -0.05) is 24.1 Å². The minimum Gasteiger partial charge on any atom is -0.399 e. The van der Waals surface area contributed by atoms with Crippen LogP contribution < -0.4 is 5.73 Å². The van der Waals surface area contributed by atoms with Crippen LogP contribution in [0, 0.1) is 0 Å². The third-order valence-electron chi connectivity index (χ3n) is 1.88. The van der Waals surface area contributed by atoms with Crippen molar-refractivity contribution < 1.29 is 0 Å². The lowest BCUT2D eigenvalue weighted by Gasteiger charge is -2.00. The summed E-state index contributed by atoms with van der Waals surface area (Å²) >= 11 is 0. The van der Waals surface area contributed by atoms with Gasteiger partial charge in [-0.05, 0) is 31.9 Å². The zero-order chi connectivity index (χ0) is 8.27. The molecule has 0 saturated heterocycles. The lowest BCUT2D eigenvalue weighted by molar-refractivity contribution is 0.993. The first-order chi connectivity index (χ1) is 5.22. The van der Waals surface area contributed by atoms with E-state index in [4.69, 9.17) is 5.73 Å². The average Bonchev–Trinajstić information content (AvgIpc) is 2.11. The Bertz CT molecular complexity index is 231. The summed E-state index contributed by atoms with van der Waals surface area (Å²) in [7, 11) is 0. The quantitative estimate of drug-likeness (QED) is 0.609. The first kappa shape index (κ1) is 8.12. The molecule has 1 aliphatic rings. The zero-order valence-corrected chi connectivity index (χ0v) is 7.22. The molecule has 0 aromatic heterocycles. The smallest absolute Gasteiger partial charge is 0.0313 e. The van der Waals surface area contributed by atoms with Crippen molar-refractivity contribution in [2.45, 2.75) is 26.7 Å². The van der Waals surface area contributed by atoms with Crippen LogP contribution in [0.1, 0.15) is 26.7 Å². The predicted molar refractivity (Wildman–Crippen MR) is 49.0 cm³/mol. The fourth-order valence-electron chi connectivity index (χ4n) is 1.26. The summed E-state index contributed by atoms with van der Waals surface area (Å²) in [4.78, 5) is 0. The molecule has 1 aliphatic carbocycles. The van der Waals surface area contributed by atoms with Crippen LogP contribution in [0.15, 0.2) is 35.1 Å². The molecule has 0 fully saturated rings. The molecule has 0 saturated carbocycles. The summed E-state index contributed by atoms with van der Waals surface area (Å²) in [5.74, 6) is 0. The fraction of sp³-hybridized carbons (Fsp3) is 0.400. The van der Waals surface area contributed by atoms with Gasteiger partial charge < -0.3 is 5.73 Å². The maximum absolute atomic E-state index is 5.68. The molecule has 11 heavy (non-hydrogen) atoms. The number of hydrogen-bond acceptors (Lipinski definition) is 1. The van der Waals surface area contributed by atoms with Crippen molar-refractivity contribution in [1.29, 1.82) is 0 Å². The van der Waals surface area contributed by atoms with Gasteiger partial charge in [-0.2, -0.15) is 0 Å². The molecule has 0 atom stereocenters. The molecule has 0 heterocycles.